The lowest BCUT2D eigenvalue weighted by Crippen LogP contribution is -2.24. The Morgan fingerprint density at radius 2 is 2.39 bits per heavy atom. The molecule has 0 spiro atoms. The van der Waals surface area contributed by atoms with E-state index in [0.717, 1.165) is 35.7 Å². The van der Waals surface area contributed by atoms with Crippen LogP contribution in [0.3, 0.4) is 0 Å². The van der Waals surface area contributed by atoms with Crippen LogP contribution in [-0.2, 0) is 0 Å². The molecule has 0 heterocycles. The molecule has 1 fully saturated rings. The van der Waals surface area contributed by atoms with E-state index in [2.05, 4.69) is 28.9 Å². The van der Waals surface area contributed by atoms with Gasteiger partial charge in [0.2, 0.25) is 0 Å². The topological polar surface area (TPSA) is 44.0 Å². The van der Waals surface area contributed by atoms with Gasteiger partial charge in [-0.15, -0.1) is 0 Å². The fourth-order valence-electron chi connectivity index (χ4n) is 2.94. The number of hydrogen-bond acceptors (Lipinski definition) is 2. The molecular weight excluding hydrogens is 290 g/mol. The van der Waals surface area contributed by atoms with Crippen molar-refractivity contribution in [1.82, 2.24) is 0 Å². The molecule has 1 aromatic rings. The summed E-state index contributed by atoms with van der Waals surface area (Å²) in [5, 5.41) is 20.1. The van der Waals surface area contributed by atoms with Crippen LogP contribution in [0.15, 0.2) is 28.7 Å². The molecule has 0 bridgehead atoms. The Morgan fingerprint density at radius 1 is 1.61 bits per heavy atom. The summed E-state index contributed by atoms with van der Waals surface area (Å²) in [6, 6.07) is 10.0. The molecule has 1 aromatic carbocycles. The van der Waals surface area contributed by atoms with Crippen LogP contribution in [-0.4, -0.2) is 5.11 Å². The number of benzene rings is 1. The van der Waals surface area contributed by atoms with Gasteiger partial charge in [0.15, 0.2) is 0 Å². The van der Waals surface area contributed by atoms with Crippen LogP contribution in [0, 0.1) is 22.7 Å². The third-order valence-corrected chi connectivity index (χ3v) is 4.63. The summed E-state index contributed by atoms with van der Waals surface area (Å²) in [4.78, 5) is 0. The summed E-state index contributed by atoms with van der Waals surface area (Å²) >= 11 is 3.41. The van der Waals surface area contributed by atoms with Gasteiger partial charge in [-0.25, -0.2) is 0 Å². The van der Waals surface area contributed by atoms with Gasteiger partial charge < -0.3 is 5.11 Å². The Bertz CT molecular complexity index is 468. The van der Waals surface area contributed by atoms with Crippen molar-refractivity contribution in [2.45, 2.75) is 38.7 Å². The van der Waals surface area contributed by atoms with Crippen LogP contribution >= 0.6 is 15.9 Å². The second kappa shape index (κ2) is 5.42. The van der Waals surface area contributed by atoms with E-state index < -0.39 is 11.5 Å². The summed E-state index contributed by atoms with van der Waals surface area (Å²) < 4.78 is 0.942. The number of aliphatic hydroxyl groups is 1. The minimum Gasteiger partial charge on any atom is -0.387 e. The minimum absolute atomic E-state index is 0.575. The molecule has 2 nitrogen and oxygen atoms in total. The highest BCUT2D eigenvalue weighted by molar-refractivity contribution is 9.10. The van der Waals surface area contributed by atoms with Crippen molar-refractivity contribution in [2.24, 2.45) is 11.3 Å². The molecule has 18 heavy (non-hydrogen) atoms. The lowest BCUT2D eigenvalue weighted by atomic mass is 9.78. The molecule has 96 valence electrons. The van der Waals surface area contributed by atoms with Crippen molar-refractivity contribution < 1.29 is 5.11 Å². The normalized spacial score (nSPS) is 28.9. The van der Waals surface area contributed by atoms with Crippen LogP contribution in [0.25, 0.3) is 0 Å². The first kappa shape index (κ1) is 13.6. The third kappa shape index (κ3) is 2.46. The molecule has 0 radical (unpaired) electrons. The monoisotopic (exact) mass is 307 g/mol. The number of nitriles is 1. The minimum atomic E-state index is -0.684. The highest BCUT2D eigenvalue weighted by atomic mass is 79.9. The predicted octanol–water partition coefficient (Wildman–Crippen LogP) is 4.20. The first-order valence-electron chi connectivity index (χ1n) is 6.46. The molecular formula is C15H18BrNO. The fourth-order valence-corrected chi connectivity index (χ4v) is 3.35. The molecule has 2 rings (SSSR count). The zero-order valence-electron chi connectivity index (χ0n) is 10.6. The van der Waals surface area contributed by atoms with Crippen molar-refractivity contribution in [1.29, 1.82) is 5.26 Å². The second-order valence-electron chi connectivity index (χ2n) is 5.24. The average molecular weight is 308 g/mol. The van der Waals surface area contributed by atoms with Gasteiger partial charge in [0.25, 0.3) is 0 Å². The molecule has 1 saturated carbocycles. The summed E-state index contributed by atoms with van der Waals surface area (Å²) in [6.07, 6.45) is 3.07. The van der Waals surface area contributed by atoms with Gasteiger partial charge >= 0.3 is 0 Å². The molecule has 1 aliphatic carbocycles. The Balaban J connectivity index is 2.27. The van der Waals surface area contributed by atoms with Gasteiger partial charge in [0.1, 0.15) is 0 Å². The summed E-state index contributed by atoms with van der Waals surface area (Å²) in [6.45, 7) is 2.16. The lowest BCUT2D eigenvalue weighted by molar-refractivity contribution is 0.0640. The van der Waals surface area contributed by atoms with Gasteiger partial charge in [-0.2, -0.15) is 5.26 Å². The van der Waals surface area contributed by atoms with Gasteiger partial charge in [-0.05, 0) is 42.9 Å². The maximum atomic E-state index is 10.6. The fraction of sp³-hybridized carbons (Fsp3) is 0.533. The van der Waals surface area contributed by atoms with Crippen LogP contribution in [0.4, 0.5) is 0 Å². The Labute approximate surface area is 117 Å². The van der Waals surface area contributed by atoms with E-state index in [1.807, 2.05) is 24.3 Å². The Kier molecular flexibility index (Phi) is 4.09. The second-order valence-corrected chi connectivity index (χ2v) is 6.16. The number of rotatable bonds is 3. The zero-order valence-corrected chi connectivity index (χ0v) is 12.2. The van der Waals surface area contributed by atoms with E-state index in [1.165, 1.54) is 0 Å². The highest BCUT2D eigenvalue weighted by Gasteiger charge is 2.45. The molecule has 0 saturated heterocycles. The molecule has 3 atom stereocenters. The molecule has 0 aromatic heterocycles. The third-order valence-electron chi connectivity index (χ3n) is 4.14. The number of nitrogens with zero attached hydrogens (tertiary/aromatic N) is 1. The van der Waals surface area contributed by atoms with E-state index in [-0.39, 0.29) is 0 Å². The van der Waals surface area contributed by atoms with Crippen molar-refractivity contribution >= 4 is 15.9 Å². The number of hydrogen-bond donors (Lipinski definition) is 1. The summed E-state index contributed by atoms with van der Waals surface area (Å²) in [7, 11) is 0. The molecule has 1 aliphatic rings. The maximum Gasteiger partial charge on any atom is 0.0976 e. The summed E-state index contributed by atoms with van der Waals surface area (Å²) in [5.41, 5.74) is 0.240. The van der Waals surface area contributed by atoms with Crippen LogP contribution < -0.4 is 0 Å². The van der Waals surface area contributed by atoms with Gasteiger partial charge in [0.05, 0.1) is 17.6 Å². The first-order chi connectivity index (χ1) is 8.61. The first-order valence-corrected chi connectivity index (χ1v) is 7.25. The molecule has 3 heteroatoms. The predicted molar refractivity (Wildman–Crippen MR) is 74.8 cm³/mol. The van der Waals surface area contributed by atoms with Crippen LogP contribution in [0.5, 0.6) is 0 Å². The van der Waals surface area contributed by atoms with Crippen LogP contribution in [0.1, 0.15) is 44.3 Å². The Hall–Kier alpha value is -0.850. The largest absolute Gasteiger partial charge is 0.387 e. The Morgan fingerprint density at radius 3 is 2.94 bits per heavy atom. The van der Waals surface area contributed by atoms with E-state index in [4.69, 9.17) is 0 Å². The molecule has 1 N–H and O–H groups in total. The van der Waals surface area contributed by atoms with Crippen molar-refractivity contribution in [3.05, 3.63) is 34.3 Å². The van der Waals surface area contributed by atoms with E-state index in [1.54, 1.807) is 0 Å². The lowest BCUT2D eigenvalue weighted by Gasteiger charge is -2.28. The highest BCUT2D eigenvalue weighted by Crippen LogP contribution is 2.50. The summed E-state index contributed by atoms with van der Waals surface area (Å²) in [5.74, 6) is 0.575. The maximum absolute atomic E-state index is 10.6. The number of aliphatic hydroxyl groups excluding tert-OH is 1. The number of halogens is 1. The standard InChI is InChI=1S/C15H18BrNO/c1-2-11-6-7-15(9-11,10-17)14(18)12-4-3-5-13(16)8-12/h3-5,8,11,14,18H,2,6-7,9H2,1H3. The van der Waals surface area contributed by atoms with E-state index in [0.29, 0.717) is 5.92 Å². The zero-order chi connectivity index (χ0) is 13.2. The van der Waals surface area contributed by atoms with Crippen LogP contribution in [0.2, 0.25) is 0 Å². The molecule has 0 amide bonds. The SMILES string of the molecule is CCC1CCC(C#N)(C(O)c2cccc(Br)c2)C1. The van der Waals surface area contributed by atoms with Crippen molar-refractivity contribution in [2.75, 3.05) is 0 Å². The van der Waals surface area contributed by atoms with Gasteiger partial charge in [-0.3, -0.25) is 0 Å². The smallest absolute Gasteiger partial charge is 0.0976 e. The van der Waals surface area contributed by atoms with E-state index in [9.17, 15) is 10.4 Å². The molecule has 3 unspecified atom stereocenters. The average Bonchev–Trinajstić information content (AvgIpc) is 2.83. The van der Waals surface area contributed by atoms with Crippen molar-refractivity contribution in [3.63, 3.8) is 0 Å². The van der Waals surface area contributed by atoms with Gasteiger partial charge in [-0.1, -0.05) is 41.4 Å². The van der Waals surface area contributed by atoms with Gasteiger partial charge in [0, 0.05) is 4.47 Å². The van der Waals surface area contributed by atoms with E-state index >= 15 is 0 Å². The molecule has 0 aliphatic heterocycles. The quantitative estimate of drug-likeness (QED) is 0.909. The van der Waals surface area contributed by atoms with Crippen molar-refractivity contribution in [3.8, 4) is 6.07 Å².